The zero-order valence-corrected chi connectivity index (χ0v) is 12.5. The predicted octanol–water partition coefficient (Wildman–Crippen LogP) is 3.19. The molecular weight excluding hydrogens is 238 g/mol. The van der Waals surface area contributed by atoms with Crippen molar-refractivity contribution in [2.75, 3.05) is 5.73 Å². The molecule has 0 aliphatic heterocycles. The third-order valence-corrected chi connectivity index (χ3v) is 3.74. The molecule has 0 saturated carbocycles. The Kier molecular flexibility index (Phi) is 4.12. The van der Waals surface area contributed by atoms with Gasteiger partial charge >= 0.3 is 0 Å². The lowest BCUT2D eigenvalue weighted by molar-refractivity contribution is 0.425. The molecule has 1 atom stereocenters. The summed E-state index contributed by atoms with van der Waals surface area (Å²) in [6, 6.07) is 0.435. The Balaban J connectivity index is 2.48. The molecule has 0 saturated heterocycles. The third-order valence-electron chi connectivity index (χ3n) is 3.74. The highest BCUT2D eigenvalue weighted by atomic mass is 15.4. The molecule has 0 aromatic carbocycles. The number of fused-ring (bicyclic) bond motifs is 1. The molecule has 5 nitrogen and oxygen atoms in total. The molecule has 0 fully saturated rings. The van der Waals surface area contributed by atoms with E-state index < -0.39 is 0 Å². The van der Waals surface area contributed by atoms with Crippen molar-refractivity contribution in [2.24, 2.45) is 7.05 Å². The summed E-state index contributed by atoms with van der Waals surface area (Å²) in [4.78, 5) is 4.50. The van der Waals surface area contributed by atoms with Crippen LogP contribution in [0.5, 0.6) is 0 Å². The standard InChI is InChI=1S/C14H25N5/c1-5-7-9-11(8-6-2)19-13-12(16-14(19)15)10(3)17-18(13)4/h11H,5-9H2,1-4H3,(H2,15,16). The van der Waals surface area contributed by atoms with E-state index in [1.54, 1.807) is 0 Å². The van der Waals surface area contributed by atoms with E-state index in [2.05, 4.69) is 28.5 Å². The van der Waals surface area contributed by atoms with Crippen LogP contribution in [0, 0.1) is 6.92 Å². The zero-order chi connectivity index (χ0) is 14.0. The Labute approximate surface area is 114 Å². The van der Waals surface area contributed by atoms with Gasteiger partial charge in [-0.3, -0.25) is 9.25 Å². The van der Waals surface area contributed by atoms with Crippen LogP contribution in [0.1, 0.15) is 57.7 Å². The number of hydrogen-bond acceptors (Lipinski definition) is 3. The monoisotopic (exact) mass is 263 g/mol. The highest BCUT2D eigenvalue weighted by molar-refractivity contribution is 5.77. The highest BCUT2D eigenvalue weighted by Gasteiger charge is 2.21. The number of rotatable bonds is 6. The van der Waals surface area contributed by atoms with Gasteiger partial charge in [-0.15, -0.1) is 0 Å². The van der Waals surface area contributed by atoms with Crippen LogP contribution in [0.25, 0.3) is 11.2 Å². The average Bonchev–Trinajstić information content (AvgIpc) is 2.84. The first kappa shape index (κ1) is 13.9. The Morgan fingerprint density at radius 2 is 1.95 bits per heavy atom. The number of nitrogens with zero attached hydrogens (tertiary/aromatic N) is 4. The van der Waals surface area contributed by atoms with Gasteiger partial charge in [0.1, 0.15) is 5.52 Å². The van der Waals surface area contributed by atoms with Gasteiger partial charge in [0, 0.05) is 13.1 Å². The SMILES string of the molecule is CCCCC(CCC)n1c(N)nc2c(C)nn(C)c21. The van der Waals surface area contributed by atoms with Gasteiger partial charge in [0.05, 0.1) is 5.69 Å². The van der Waals surface area contributed by atoms with Crippen molar-refractivity contribution in [1.29, 1.82) is 0 Å². The molecule has 0 bridgehead atoms. The van der Waals surface area contributed by atoms with Crippen LogP contribution in [0.4, 0.5) is 5.95 Å². The summed E-state index contributed by atoms with van der Waals surface area (Å²) in [6.07, 6.45) is 5.89. The molecule has 19 heavy (non-hydrogen) atoms. The summed E-state index contributed by atoms with van der Waals surface area (Å²) in [5, 5.41) is 4.45. The summed E-state index contributed by atoms with van der Waals surface area (Å²) in [6.45, 7) is 6.43. The minimum atomic E-state index is 0.435. The lowest BCUT2D eigenvalue weighted by Gasteiger charge is -2.20. The smallest absolute Gasteiger partial charge is 0.202 e. The van der Waals surface area contributed by atoms with Crippen molar-refractivity contribution >= 4 is 17.1 Å². The van der Waals surface area contributed by atoms with Crippen molar-refractivity contribution < 1.29 is 0 Å². The number of anilines is 1. The minimum absolute atomic E-state index is 0.435. The van der Waals surface area contributed by atoms with Crippen molar-refractivity contribution in [2.45, 2.75) is 58.9 Å². The van der Waals surface area contributed by atoms with Gasteiger partial charge in [0.25, 0.3) is 0 Å². The van der Waals surface area contributed by atoms with Gasteiger partial charge < -0.3 is 5.73 Å². The number of aromatic nitrogens is 4. The molecule has 106 valence electrons. The second-order valence-corrected chi connectivity index (χ2v) is 5.31. The van der Waals surface area contributed by atoms with E-state index in [1.165, 1.54) is 12.8 Å². The fourth-order valence-electron chi connectivity index (χ4n) is 2.85. The summed E-state index contributed by atoms with van der Waals surface area (Å²) >= 11 is 0. The molecule has 2 rings (SSSR count). The van der Waals surface area contributed by atoms with Gasteiger partial charge in [-0.2, -0.15) is 5.10 Å². The number of unbranched alkanes of at least 4 members (excludes halogenated alkanes) is 1. The Morgan fingerprint density at radius 3 is 2.58 bits per heavy atom. The molecule has 2 aromatic rings. The maximum Gasteiger partial charge on any atom is 0.202 e. The van der Waals surface area contributed by atoms with E-state index in [1.807, 2.05) is 18.7 Å². The van der Waals surface area contributed by atoms with Crippen LogP contribution in [0.2, 0.25) is 0 Å². The van der Waals surface area contributed by atoms with E-state index in [0.717, 1.165) is 36.1 Å². The van der Waals surface area contributed by atoms with E-state index in [9.17, 15) is 0 Å². The van der Waals surface area contributed by atoms with E-state index >= 15 is 0 Å². The number of nitrogen functional groups attached to an aromatic ring is 1. The van der Waals surface area contributed by atoms with Gasteiger partial charge in [-0.25, -0.2) is 4.98 Å². The maximum atomic E-state index is 6.15. The van der Waals surface area contributed by atoms with Gasteiger partial charge in [0.2, 0.25) is 5.95 Å². The maximum absolute atomic E-state index is 6.15. The predicted molar refractivity (Wildman–Crippen MR) is 79.1 cm³/mol. The number of hydrogen-bond donors (Lipinski definition) is 1. The Bertz CT molecular complexity index is 552. The second kappa shape index (κ2) is 5.63. The zero-order valence-electron chi connectivity index (χ0n) is 12.5. The quantitative estimate of drug-likeness (QED) is 0.870. The van der Waals surface area contributed by atoms with E-state index in [-0.39, 0.29) is 0 Å². The van der Waals surface area contributed by atoms with Crippen LogP contribution in [-0.2, 0) is 7.05 Å². The normalized spacial score (nSPS) is 13.3. The Morgan fingerprint density at radius 1 is 1.21 bits per heavy atom. The first-order valence-electron chi connectivity index (χ1n) is 7.27. The number of aryl methyl sites for hydroxylation is 2. The Hall–Kier alpha value is -1.52. The molecular formula is C14H25N5. The summed E-state index contributed by atoms with van der Waals surface area (Å²) < 4.78 is 4.09. The minimum Gasteiger partial charge on any atom is -0.369 e. The lowest BCUT2D eigenvalue weighted by atomic mass is 10.1. The van der Waals surface area contributed by atoms with Crippen molar-refractivity contribution in [3.63, 3.8) is 0 Å². The molecule has 0 spiro atoms. The molecule has 2 heterocycles. The van der Waals surface area contributed by atoms with Crippen molar-refractivity contribution in [1.82, 2.24) is 19.3 Å². The van der Waals surface area contributed by atoms with Crippen LogP contribution in [0.3, 0.4) is 0 Å². The number of imidazole rings is 1. The fourth-order valence-corrected chi connectivity index (χ4v) is 2.85. The van der Waals surface area contributed by atoms with Crippen LogP contribution in [0.15, 0.2) is 0 Å². The van der Waals surface area contributed by atoms with Crippen LogP contribution in [-0.4, -0.2) is 19.3 Å². The van der Waals surface area contributed by atoms with E-state index in [4.69, 9.17) is 5.73 Å². The highest BCUT2D eigenvalue weighted by Crippen LogP contribution is 2.30. The van der Waals surface area contributed by atoms with E-state index in [0.29, 0.717) is 12.0 Å². The summed E-state index contributed by atoms with van der Waals surface area (Å²) in [5.41, 5.74) is 9.10. The topological polar surface area (TPSA) is 61.7 Å². The first-order chi connectivity index (χ1) is 9.10. The van der Waals surface area contributed by atoms with Crippen LogP contribution >= 0.6 is 0 Å². The molecule has 1 unspecified atom stereocenters. The summed E-state index contributed by atoms with van der Waals surface area (Å²) in [7, 11) is 1.97. The summed E-state index contributed by atoms with van der Waals surface area (Å²) in [5.74, 6) is 0.626. The van der Waals surface area contributed by atoms with Crippen molar-refractivity contribution in [3.05, 3.63) is 5.69 Å². The second-order valence-electron chi connectivity index (χ2n) is 5.31. The largest absolute Gasteiger partial charge is 0.369 e. The molecule has 0 radical (unpaired) electrons. The van der Waals surface area contributed by atoms with Gasteiger partial charge in [0.15, 0.2) is 5.65 Å². The molecule has 5 heteroatoms. The average molecular weight is 263 g/mol. The van der Waals surface area contributed by atoms with Crippen molar-refractivity contribution in [3.8, 4) is 0 Å². The molecule has 2 aromatic heterocycles. The lowest BCUT2D eigenvalue weighted by Crippen LogP contribution is -2.14. The third kappa shape index (κ3) is 2.46. The molecule has 0 amide bonds. The van der Waals surface area contributed by atoms with Crippen LogP contribution < -0.4 is 5.73 Å². The number of nitrogens with two attached hydrogens (primary N) is 1. The molecule has 0 aliphatic carbocycles. The fraction of sp³-hybridized carbons (Fsp3) is 0.714. The molecule has 0 aliphatic rings. The van der Waals surface area contributed by atoms with Gasteiger partial charge in [-0.05, 0) is 19.8 Å². The first-order valence-corrected chi connectivity index (χ1v) is 7.27. The van der Waals surface area contributed by atoms with Gasteiger partial charge in [-0.1, -0.05) is 33.1 Å². The molecule has 2 N–H and O–H groups in total.